The summed E-state index contributed by atoms with van der Waals surface area (Å²) in [6.45, 7) is 6.62. The highest BCUT2D eigenvalue weighted by atomic mass is 16.7. The number of methoxy groups -OCH3 is 1. The standard InChI is InChI=1S/C31H49NO8/c1-17-28(35)24(37-4)15-26(40-17)32(38-5)20-8-10-29(2)19(13-20)6-7-22-23(29)14-25(33)30(3)21(9-11-31(22,30)36)18-12-27(34)39-16-18/h12,17,19-26,28,33,35-36H,6-11,13-16H2,1-5H3/t17-,19-,20-,21-,22-,23+,24-,25-,26-,28-,29+,30+,31+/m1/s1. The van der Waals surface area contributed by atoms with Gasteiger partial charge in [-0.2, -0.15) is 5.06 Å². The summed E-state index contributed by atoms with van der Waals surface area (Å²) in [6, 6.07) is 0.189. The molecule has 0 bridgehead atoms. The van der Waals surface area contributed by atoms with Gasteiger partial charge in [-0.25, -0.2) is 4.79 Å². The lowest BCUT2D eigenvalue weighted by atomic mass is 9.42. The number of carbonyl (C=O) groups excluding carboxylic acids is 1. The summed E-state index contributed by atoms with van der Waals surface area (Å²) in [5, 5.41) is 36.7. The highest BCUT2D eigenvalue weighted by molar-refractivity contribution is 5.85. The van der Waals surface area contributed by atoms with Crippen LogP contribution in [0.1, 0.15) is 78.6 Å². The molecular weight excluding hydrogens is 514 g/mol. The summed E-state index contributed by atoms with van der Waals surface area (Å²) in [5.41, 5.74) is -0.688. The van der Waals surface area contributed by atoms with Crippen LogP contribution in [-0.4, -0.2) is 89.5 Å². The minimum Gasteiger partial charge on any atom is -0.458 e. The van der Waals surface area contributed by atoms with Crippen LogP contribution in [0.2, 0.25) is 0 Å². The first-order valence-electron chi connectivity index (χ1n) is 15.4. The Bertz CT molecular complexity index is 1020. The summed E-state index contributed by atoms with van der Waals surface area (Å²) in [6.07, 6.45) is 6.93. The average molecular weight is 564 g/mol. The molecule has 9 nitrogen and oxygen atoms in total. The first-order valence-corrected chi connectivity index (χ1v) is 15.4. The SMILES string of the molecule is CO[C@@H]1C[C@H](N(OC)[C@@H]2CC[C@@]3(C)[C@H](CC[C@@H]4[C@@H]3C[C@@H](O)[C@]3(C)[C@@H](C5=CC(=O)OC5)CC[C@]43O)C2)O[C@H](C)[C@H]1O. The van der Waals surface area contributed by atoms with E-state index >= 15 is 0 Å². The van der Waals surface area contributed by atoms with Crippen LogP contribution in [0.3, 0.4) is 0 Å². The van der Waals surface area contributed by atoms with E-state index in [4.69, 9.17) is 19.0 Å². The second-order valence-corrected chi connectivity index (χ2v) is 14.1. The molecule has 0 radical (unpaired) electrons. The third kappa shape index (κ3) is 4.09. The number of carbonyl (C=O) groups is 1. The number of ether oxygens (including phenoxy) is 3. The quantitative estimate of drug-likeness (QED) is 0.343. The van der Waals surface area contributed by atoms with Crippen LogP contribution >= 0.6 is 0 Å². The van der Waals surface area contributed by atoms with Gasteiger partial charge in [0.15, 0.2) is 0 Å². The molecule has 3 N–H and O–H groups in total. The van der Waals surface area contributed by atoms with Gasteiger partial charge in [-0.05, 0) is 93.0 Å². The van der Waals surface area contributed by atoms with E-state index in [0.29, 0.717) is 25.2 Å². The molecule has 1 saturated heterocycles. The molecule has 226 valence electrons. The first kappa shape index (κ1) is 29.0. The molecule has 2 heterocycles. The predicted octanol–water partition coefficient (Wildman–Crippen LogP) is 2.96. The van der Waals surface area contributed by atoms with Crippen LogP contribution in [0.25, 0.3) is 0 Å². The normalized spacial score (nSPS) is 52.5. The maximum atomic E-state index is 12.5. The number of aliphatic hydroxyl groups excluding tert-OH is 2. The van der Waals surface area contributed by atoms with Crippen LogP contribution in [0.15, 0.2) is 11.6 Å². The maximum Gasteiger partial charge on any atom is 0.331 e. The van der Waals surface area contributed by atoms with E-state index in [1.807, 2.05) is 12.0 Å². The van der Waals surface area contributed by atoms with Crippen molar-refractivity contribution in [2.45, 2.75) is 121 Å². The third-order valence-electron chi connectivity index (χ3n) is 12.9. The van der Waals surface area contributed by atoms with Crippen molar-refractivity contribution in [2.75, 3.05) is 20.8 Å². The number of hydroxylamine groups is 2. The summed E-state index contributed by atoms with van der Waals surface area (Å²) in [5.74, 6) is 0.477. The molecule has 2 aliphatic heterocycles. The highest BCUT2D eigenvalue weighted by Crippen LogP contribution is 2.70. The molecule has 9 heteroatoms. The molecule has 4 saturated carbocycles. The lowest BCUT2D eigenvalue weighted by Gasteiger charge is -2.65. The van der Waals surface area contributed by atoms with Crippen LogP contribution in [0.4, 0.5) is 0 Å². The fourth-order valence-electron chi connectivity index (χ4n) is 10.5. The number of cyclic esters (lactones) is 1. The van der Waals surface area contributed by atoms with Gasteiger partial charge in [-0.15, -0.1) is 0 Å². The maximum absolute atomic E-state index is 12.5. The van der Waals surface area contributed by atoms with Gasteiger partial charge in [0.25, 0.3) is 0 Å². The fourth-order valence-corrected chi connectivity index (χ4v) is 10.5. The Kier molecular flexibility index (Phi) is 7.46. The van der Waals surface area contributed by atoms with Crippen molar-refractivity contribution >= 4 is 5.97 Å². The van der Waals surface area contributed by atoms with E-state index in [1.165, 1.54) is 0 Å². The third-order valence-corrected chi connectivity index (χ3v) is 12.9. The van der Waals surface area contributed by atoms with Crippen molar-refractivity contribution in [3.05, 3.63) is 11.6 Å². The van der Waals surface area contributed by atoms with Gasteiger partial charge >= 0.3 is 5.97 Å². The molecular formula is C31H49NO8. The molecule has 40 heavy (non-hydrogen) atoms. The summed E-state index contributed by atoms with van der Waals surface area (Å²) >= 11 is 0. The Labute approximate surface area is 238 Å². The molecule has 0 aromatic carbocycles. The number of esters is 1. The van der Waals surface area contributed by atoms with Crippen molar-refractivity contribution in [3.63, 3.8) is 0 Å². The minimum absolute atomic E-state index is 0.0205. The number of aliphatic hydroxyl groups is 3. The van der Waals surface area contributed by atoms with Gasteiger partial charge in [0.2, 0.25) is 0 Å². The lowest BCUT2D eigenvalue weighted by molar-refractivity contribution is -0.314. The van der Waals surface area contributed by atoms with Gasteiger partial charge in [0, 0.05) is 31.1 Å². The van der Waals surface area contributed by atoms with Gasteiger partial charge in [0.05, 0.1) is 31.0 Å². The zero-order valence-corrected chi connectivity index (χ0v) is 24.8. The van der Waals surface area contributed by atoms with Crippen molar-refractivity contribution in [1.82, 2.24) is 5.06 Å². The van der Waals surface area contributed by atoms with Gasteiger partial charge < -0.3 is 29.5 Å². The Balaban J connectivity index is 1.21. The van der Waals surface area contributed by atoms with Gasteiger partial charge in [0.1, 0.15) is 18.9 Å². The number of fused-ring (bicyclic) bond motifs is 5. The van der Waals surface area contributed by atoms with Crippen LogP contribution < -0.4 is 0 Å². The first-order chi connectivity index (χ1) is 19.0. The Morgan fingerprint density at radius 3 is 2.48 bits per heavy atom. The Hall–Kier alpha value is -1.07. The molecule has 0 amide bonds. The second-order valence-electron chi connectivity index (χ2n) is 14.1. The molecule has 6 rings (SSSR count). The number of hydrogen-bond donors (Lipinski definition) is 3. The topological polar surface area (TPSA) is 118 Å². The fraction of sp³-hybridized carbons (Fsp3) is 0.903. The highest BCUT2D eigenvalue weighted by Gasteiger charge is 2.71. The Morgan fingerprint density at radius 2 is 1.80 bits per heavy atom. The van der Waals surface area contributed by atoms with E-state index in [2.05, 4.69) is 13.8 Å². The molecule has 6 aliphatic rings. The van der Waals surface area contributed by atoms with Gasteiger partial charge in [-0.3, -0.25) is 4.84 Å². The number of nitrogens with zero attached hydrogens (tertiary/aromatic N) is 1. The molecule has 5 fully saturated rings. The number of hydrogen-bond acceptors (Lipinski definition) is 9. The largest absolute Gasteiger partial charge is 0.458 e. The van der Waals surface area contributed by atoms with E-state index in [0.717, 1.165) is 44.1 Å². The lowest BCUT2D eigenvalue weighted by Crippen LogP contribution is -2.67. The Morgan fingerprint density at radius 1 is 1.02 bits per heavy atom. The van der Waals surface area contributed by atoms with E-state index < -0.39 is 23.2 Å². The zero-order valence-electron chi connectivity index (χ0n) is 24.8. The van der Waals surface area contributed by atoms with Crippen molar-refractivity contribution in [2.24, 2.45) is 34.5 Å². The molecule has 4 aliphatic carbocycles. The van der Waals surface area contributed by atoms with Crippen LogP contribution in [0.5, 0.6) is 0 Å². The minimum atomic E-state index is -0.960. The van der Waals surface area contributed by atoms with Crippen molar-refractivity contribution < 1.29 is 39.2 Å². The van der Waals surface area contributed by atoms with Gasteiger partial charge in [-0.1, -0.05) is 13.8 Å². The molecule has 0 unspecified atom stereocenters. The monoisotopic (exact) mass is 563 g/mol. The summed E-state index contributed by atoms with van der Waals surface area (Å²) < 4.78 is 17.0. The average Bonchev–Trinajstić information content (AvgIpc) is 3.48. The predicted molar refractivity (Wildman–Crippen MR) is 146 cm³/mol. The smallest absolute Gasteiger partial charge is 0.331 e. The van der Waals surface area contributed by atoms with Crippen LogP contribution in [-0.2, 0) is 23.8 Å². The van der Waals surface area contributed by atoms with Crippen LogP contribution in [0, 0.1) is 34.5 Å². The number of rotatable bonds is 5. The molecule has 0 aromatic rings. The van der Waals surface area contributed by atoms with E-state index in [9.17, 15) is 20.1 Å². The summed E-state index contributed by atoms with van der Waals surface area (Å²) in [4.78, 5) is 17.8. The van der Waals surface area contributed by atoms with Crippen molar-refractivity contribution in [1.29, 1.82) is 0 Å². The molecule has 13 atom stereocenters. The van der Waals surface area contributed by atoms with E-state index in [-0.39, 0.29) is 60.2 Å². The molecule has 0 aromatic heterocycles. The van der Waals surface area contributed by atoms with E-state index in [1.54, 1.807) is 20.3 Å². The second kappa shape index (κ2) is 10.3. The molecule has 0 spiro atoms. The summed E-state index contributed by atoms with van der Waals surface area (Å²) in [7, 11) is 3.33. The van der Waals surface area contributed by atoms with Crippen molar-refractivity contribution in [3.8, 4) is 0 Å². The zero-order chi connectivity index (χ0) is 28.6.